The molecule has 0 atom stereocenters. The van der Waals surface area contributed by atoms with Gasteiger partial charge in [0, 0.05) is 18.6 Å². The van der Waals surface area contributed by atoms with E-state index in [9.17, 15) is 8.78 Å². The molecule has 5 nitrogen and oxygen atoms in total. The van der Waals surface area contributed by atoms with Crippen LogP contribution >= 0.6 is 0 Å². The number of hydrogen-bond acceptors (Lipinski definition) is 5. The van der Waals surface area contributed by atoms with Crippen LogP contribution in [0.3, 0.4) is 0 Å². The van der Waals surface area contributed by atoms with E-state index in [1.54, 1.807) is 0 Å². The summed E-state index contributed by atoms with van der Waals surface area (Å²) in [7, 11) is 0. The Morgan fingerprint density at radius 3 is 2.63 bits per heavy atom. The lowest BCUT2D eigenvalue weighted by molar-refractivity contribution is 0.445. The number of hydrazine groups is 1. The highest BCUT2D eigenvalue weighted by atomic mass is 19.2. The van der Waals surface area contributed by atoms with Gasteiger partial charge in [-0.25, -0.2) is 19.6 Å². The first-order valence-electron chi connectivity index (χ1n) is 5.60. The van der Waals surface area contributed by atoms with Crippen LogP contribution in [0, 0.1) is 11.6 Å². The van der Waals surface area contributed by atoms with Gasteiger partial charge in [-0.3, -0.25) is 0 Å². The zero-order valence-corrected chi connectivity index (χ0v) is 10.2. The molecule has 2 aromatic rings. The molecule has 2 rings (SSSR count). The van der Waals surface area contributed by atoms with Crippen molar-refractivity contribution in [3.05, 3.63) is 41.7 Å². The Hall–Kier alpha value is -2.28. The highest BCUT2D eigenvalue weighted by Gasteiger charge is 2.07. The minimum Gasteiger partial charge on any atom is -0.439 e. The zero-order chi connectivity index (χ0) is 13.8. The Bertz CT molecular complexity index is 570. The van der Waals surface area contributed by atoms with Crippen LogP contribution < -0.4 is 16.0 Å². The number of nitrogens with zero attached hydrogens (tertiary/aromatic N) is 2. The summed E-state index contributed by atoms with van der Waals surface area (Å²) >= 11 is 0. The lowest BCUT2D eigenvalue weighted by Gasteiger charge is -2.08. The number of nitrogens with one attached hydrogen (secondary N) is 1. The Balaban J connectivity index is 2.29. The third-order valence-corrected chi connectivity index (χ3v) is 2.33. The Morgan fingerprint density at radius 2 is 2.00 bits per heavy atom. The van der Waals surface area contributed by atoms with E-state index in [1.807, 2.05) is 6.92 Å². The topological polar surface area (TPSA) is 73.1 Å². The molecule has 0 bridgehead atoms. The predicted octanol–water partition coefficient (Wildman–Crippen LogP) is 2.40. The Kier molecular flexibility index (Phi) is 3.86. The summed E-state index contributed by atoms with van der Waals surface area (Å²) < 4.78 is 31.2. The van der Waals surface area contributed by atoms with E-state index in [0.717, 1.165) is 12.1 Å². The van der Waals surface area contributed by atoms with Crippen molar-refractivity contribution in [1.29, 1.82) is 0 Å². The van der Waals surface area contributed by atoms with E-state index in [4.69, 9.17) is 10.6 Å². The number of rotatable bonds is 4. The second-order valence-corrected chi connectivity index (χ2v) is 3.68. The molecule has 3 N–H and O–H groups in total. The maximum atomic E-state index is 13.1. The van der Waals surface area contributed by atoms with Crippen molar-refractivity contribution in [2.75, 3.05) is 5.43 Å². The molecule has 0 radical (unpaired) electrons. The van der Waals surface area contributed by atoms with Gasteiger partial charge in [0.15, 0.2) is 11.6 Å². The monoisotopic (exact) mass is 266 g/mol. The first-order valence-corrected chi connectivity index (χ1v) is 5.60. The number of aromatic nitrogens is 2. The van der Waals surface area contributed by atoms with Crippen LogP contribution in [-0.4, -0.2) is 9.97 Å². The van der Waals surface area contributed by atoms with Crippen molar-refractivity contribution in [1.82, 2.24) is 9.97 Å². The molecule has 1 aromatic carbocycles. The molecule has 1 aromatic heterocycles. The third-order valence-electron chi connectivity index (χ3n) is 2.33. The van der Waals surface area contributed by atoms with E-state index in [2.05, 4.69) is 15.4 Å². The fourth-order valence-electron chi connectivity index (χ4n) is 1.42. The second kappa shape index (κ2) is 5.57. The smallest absolute Gasteiger partial charge is 0.224 e. The van der Waals surface area contributed by atoms with Gasteiger partial charge in [0.2, 0.25) is 5.88 Å². The van der Waals surface area contributed by atoms with E-state index < -0.39 is 11.6 Å². The van der Waals surface area contributed by atoms with Crippen molar-refractivity contribution in [2.24, 2.45) is 5.84 Å². The number of anilines is 1. The molecule has 0 aliphatic carbocycles. The van der Waals surface area contributed by atoms with Gasteiger partial charge in [0.1, 0.15) is 17.4 Å². The maximum Gasteiger partial charge on any atom is 0.224 e. The SMILES string of the molecule is CCc1nc(NN)cc(Oc2ccc(F)c(F)c2)n1. The molecular weight excluding hydrogens is 254 g/mol. The zero-order valence-electron chi connectivity index (χ0n) is 10.2. The van der Waals surface area contributed by atoms with Gasteiger partial charge in [-0.15, -0.1) is 0 Å². The number of aryl methyl sites for hydroxylation is 1. The lowest BCUT2D eigenvalue weighted by atomic mass is 10.3. The van der Waals surface area contributed by atoms with Gasteiger partial charge in [-0.05, 0) is 12.1 Å². The molecule has 0 unspecified atom stereocenters. The number of ether oxygens (including phenoxy) is 1. The molecule has 100 valence electrons. The van der Waals surface area contributed by atoms with Crippen LogP contribution in [0.2, 0.25) is 0 Å². The average Bonchev–Trinajstić information content (AvgIpc) is 2.42. The van der Waals surface area contributed by atoms with E-state index in [-0.39, 0.29) is 11.6 Å². The van der Waals surface area contributed by atoms with Crippen LogP contribution in [0.4, 0.5) is 14.6 Å². The molecule has 19 heavy (non-hydrogen) atoms. The van der Waals surface area contributed by atoms with Crippen molar-refractivity contribution in [2.45, 2.75) is 13.3 Å². The average molecular weight is 266 g/mol. The van der Waals surface area contributed by atoms with Gasteiger partial charge in [0.05, 0.1) is 0 Å². The van der Waals surface area contributed by atoms with Gasteiger partial charge in [0.25, 0.3) is 0 Å². The van der Waals surface area contributed by atoms with Crippen molar-refractivity contribution >= 4 is 5.82 Å². The van der Waals surface area contributed by atoms with Crippen molar-refractivity contribution in [3.8, 4) is 11.6 Å². The molecule has 0 aliphatic heterocycles. The fourth-order valence-corrected chi connectivity index (χ4v) is 1.42. The summed E-state index contributed by atoms with van der Waals surface area (Å²) in [5.41, 5.74) is 2.38. The lowest BCUT2D eigenvalue weighted by Crippen LogP contribution is -2.10. The van der Waals surface area contributed by atoms with E-state index in [0.29, 0.717) is 18.1 Å². The van der Waals surface area contributed by atoms with Crippen molar-refractivity contribution < 1.29 is 13.5 Å². The van der Waals surface area contributed by atoms with Gasteiger partial charge in [-0.2, -0.15) is 4.98 Å². The van der Waals surface area contributed by atoms with Crippen LogP contribution in [0.15, 0.2) is 24.3 Å². The molecule has 0 spiro atoms. The first-order chi connectivity index (χ1) is 9.12. The number of halogens is 2. The minimum absolute atomic E-state index is 0.141. The maximum absolute atomic E-state index is 13.1. The van der Waals surface area contributed by atoms with Crippen LogP contribution in [0.1, 0.15) is 12.7 Å². The highest BCUT2D eigenvalue weighted by Crippen LogP contribution is 2.23. The van der Waals surface area contributed by atoms with Gasteiger partial charge < -0.3 is 10.2 Å². The molecule has 0 saturated carbocycles. The van der Waals surface area contributed by atoms with Gasteiger partial charge in [-0.1, -0.05) is 6.92 Å². The van der Waals surface area contributed by atoms with Crippen molar-refractivity contribution in [3.63, 3.8) is 0 Å². The summed E-state index contributed by atoms with van der Waals surface area (Å²) in [6.07, 6.45) is 0.587. The first kappa shape index (κ1) is 13.2. The normalized spacial score (nSPS) is 10.3. The Labute approximate surface area is 108 Å². The summed E-state index contributed by atoms with van der Waals surface area (Å²) in [6.45, 7) is 1.87. The fraction of sp³-hybridized carbons (Fsp3) is 0.167. The van der Waals surface area contributed by atoms with Crippen LogP contribution in [0.25, 0.3) is 0 Å². The molecule has 0 amide bonds. The molecular formula is C12H12F2N4O. The number of benzene rings is 1. The molecule has 7 heteroatoms. The summed E-state index contributed by atoms with van der Waals surface area (Å²) in [5.74, 6) is 4.59. The van der Waals surface area contributed by atoms with Crippen LogP contribution in [-0.2, 0) is 6.42 Å². The molecule has 0 saturated heterocycles. The summed E-state index contributed by atoms with van der Waals surface area (Å²) in [6, 6.07) is 4.69. The second-order valence-electron chi connectivity index (χ2n) is 3.68. The van der Waals surface area contributed by atoms with E-state index >= 15 is 0 Å². The summed E-state index contributed by atoms with van der Waals surface area (Å²) in [5, 5.41) is 0. The number of nitrogens with two attached hydrogens (primary N) is 1. The minimum atomic E-state index is -0.987. The molecule has 0 aliphatic rings. The summed E-state index contributed by atoms with van der Waals surface area (Å²) in [4.78, 5) is 8.18. The largest absolute Gasteiger partial charge is 0.439 e. The number of hydrogen-bond donors (Lipinski definition) is 2. The predicted molar refractivity (Wildman–Crippen MR) is 65.7 cm³/mol. The van der Waals surface area contributed by atoms with Crippen LogP contribution in [0.5, 0.6) is 11.6 Å². The standard InChI is InChI=1S/C12H12F2N4O/c1-2-10-16-11(18-15)6-12(17-10)19-7-3-4-8(13)9(14)5-7/h3-6H,2,15H2,1H3,(H,16,17,18). The highest BCUT2D eigenvalue weighted by molar-refractivity contribution is 5.39. The number of nitrogen functional groups attached to an aromatic ring is 1. The molecule has 0 fully saturated rings. The van der Waals surface area contributed by atoms with Gasteiger partial charge >= 0.3 is 0 Å². The third kappa shape index (κ3) is 3.14. The Morgan fingerprint density at radius 1 is 1.21 bits per heavy atom. The van der Waals surface area contributed by atoms with E-state index in [1.165, 1.54) is 12.1 Å². The molecule has 1 heterocycles. The quantitative estimate of drug-likeness (QED) is 0.656.